The Balaban J connectivity index is 2.69. The maximum atomic E-state index is 5.53. The molecule has 0 heterocycles. The van der Waals surface area contributed by atoms with Crippen LogP contribution < -0.4 is 10.5 Å². The predicted octanol–water partition coefficient (Wildman–Crippen LogP) is 1.69. The molecular weight excluding hydrogens is 198 g/mol. The van der Waals surface area contributed by atoms with Gasteiger partial charge in [0.05, 0.1) is 5.56 Å². The fourth-order valence-electron chi connectivity index (χ4n) is 0.985. The van der Waals surface area contributed by atoms with Crippen molar-refractivity contribution in [1.29, 1.82) is 0 Å². The van der Waals surface area contributed by atoms with Gasteiger partial charge in [0.2, 0.25) is 0 Å². The highest BCUT2D eigenvalue weighted by atomic mass is 32.1. The SMILES string of the molecule is CCOCOc1ccccc1C(N)=S. The Morgan fingerprint density at radius 3 is 2.79 bits per heavy atom. The molecule has 3 nitrogen and oxygen atoms in total. The third-order valence-corrected chi connectivity index (χ3v) is 1.87. The Hall–Kier alpha value is -1.13. The van der Waals surface area contributed by atoms with E-state index in [1.807, 2.05) is 31.2 Å². The van der Waals surface area contributed by atoms with Gasteiger partial charge < -0.3 is 15.2 Å². The molecule has 0 bridgehead atoms. The van der Waals surface area contributed by atoms with E-state index in [1.54, 1.807) is 0 Å². The Kier molecular flexibility index (Phi) is 4.35. The minimum atomic E-state index is 0.218. The van der Waals surface area contributed by atoms with E-state index < -0.39 is 0 Å². The molecule has 0 saturated heterocycles. The normalized spacial score (nSPS) is 9.79. The van der Waals surface area contributed by atoms with Gasteiger partial charge in [0.15, 0.2) is 6.79 Å². The molecular formula is C10H13NO2S. The third kappa shape index (κ3) is 2.97. The minimum absolute atomic E-state index is 0.218. The van der Waals surface area contributed by atoms with Gasteiger partial charge in [-0.1, -0.05) is 24.4 Å². The molecule has 0 spiro atoms. The summed E-state index contributed by atoms with van der Waals surface area (Å²) in [5.74, 6) is 0.661. The van der Waals surface area contributed by atoms with Crippen LogP contribution in [0.5, 0.6) is 5.75 Å². The summed E-state index contributed by atoms with van der Waals surface area (Å²) in [6.45, 7) is 2.74. The highest BCUT2D eigenvalue weighted by Gasteiger charge is 2.04. The lowest BCUT2D eigenvalue weighted by molar-refractivity contribution is 0.0223. The topological polar surface area (TPSA) is 44.5 Å². The molecule has 0 saturated carbocycles. The van der Waals surface area contributed by atoms with Crippen molar-refractivity contribution < 1.29 is 9.47 Å². The lowest BCUT2D eigenvalue weighted by Gasteiger charge is -2.09. The van der Waals surface area contributed by atoms with E-state index in [1.165, 1.54) is 0 Å². The van der Waals surface area contributed by atoms with Crippen LogP contribution in [0, 0.1) is 0 Å². The fourth-order valence-corrected chi connectivity index (χ4v) is 1.15. The maximum Gasteiger partial charge on any atom is 0.189 e. The zero-order valence-corrected chi connectivity index (χ0v) is 8.84. The van der Waals surface area contributed by atoms with Crippen molar-refractivity contribution in [3.8, 4) is 5.75 Å². The molecule has 0 amide bonds. The largest absolute Gasteiger partial charge is 0.467 e. The van der Waals surface area contributed by atoms with Crippen LogP contribution >= 0.6 is 12.2 Å². The van der Waals surface area contributed by atoms with E-state index in [4.69, 9.17) is 27.4 Å². The summed E-state index contributed by atoms with van der Waals surface area (Å²) >= 11 is 4.89. The molecule has 0 aromatic heterocycles. The number of benzene rings is 1. The van der Waals surface area contributed by atoms with Crippen LogP contribution in [0.15, 0.2) is 24.3 Å². The summed E-state index contributed by atoms with van der Waals surface area (Å²) in [4.78, 5) is 0.331. The standard InChI is InChI=1S/C10H13NO2S/c1-2-12-7-13-9-6-4-3-5-8(9)10(11)14/h3-6H,2,7H2,1H3,(H2,11,14). The summed E-state index contributed by atoms with van der Waals surface area (Å²) in [6, 6.07) is 7.36. The van der Waals surface area contributed by atoms with E-state index in [2.05, 4.69) is 0 Å². The Bertz CT molecular complexity index is 315. The summed E-state index contributed by atoms with van der Waals surface area (Å²) in [5, 5.41) is 0. The zero-order chi connectivity index (χ0) is 10.4. The van der Waals surface area contributed by atoms with E-state index in [-0.39, 0.29) is 6.79 Å². The van der Waals surface area contributed by atoms with E-state index in [0.717, 1.165) is 5.56 Å². The average molecular weight is 211 g/mol. The van der Waals surface area contributed by atoms with Crippen molar-refractivity contribution in [2.45, 2.75) is 6.92 Å². The lowest BCUT2D eigenvalue weighted by atomic mass is 10.2. The molecule has 1 aromatic rings. The van der Waals surface area contributed by atoms with Crippen molar-refractivity contribution in [1.82, 2.24) is 0 Å². The van der Waals surface area contributed by atoms with Gasteiger partial charge in [0.25, 0.3) is 0 Å². The molecule has 14 heavy (non-hydrogen) atoms. The quantitative estimate of drug-likeness (QED) is 0.457. The highest BCUT2D eigenvalue weighted by molar-refractivity contribution is 7.80. The maximum absolute atomic E-state index is 5.53. The van der Waals surface area contributed by atoms with Crippen LogP contribution in [-0.2, 0) is 4.74 Å². The molecule has 0 fully saturated rings. The molecule has 76 valence electrons. The minimum Gasteiger partial charge on any atom is -0.467 e. The number of thiocarbonyl (C=S) groups is 1. The van der Waals surface area contributed by atoms with Gasteiger partial charge in [0, 0.05) is 6.61 Å². The molecule has 2 N–H and O–H groups in total. The highest BCUT2D eigenvalue weighted by Crippen LogP contribution is 2.17. The summed E-state index contributed by atoms with van der Waals surface area (Å²) < 4.78 is 10.4. The molecule has 0 aliphatic heterocycles. The second-order valence-corrected chi connectivity index (χ2v) is 3.06. The Labute approximate surface area is 88.8 Å². The third-order valence-electron chi connectivity index (χ3n) is 1.65. The van der Waals surface area contributed by atoms with Gasteiger partial charge >= 0.3 is 0 Å². The second-order valence-electron chi connectivity index (χ2n) is 2.62. The van der Waals surface area contributed by atoms with Crippen molar-refractivity contribution in [2.75, 3.05) is 13.4 Å². The van der Waals surface area contributed by atoms with E-state index in [0.29, 0.717) is 17.3 Å². The van der Waals surface area contributed by atoms with Gasteiger partial charge in [-0.3, -0.25) is 0 Å². The molecule has 0 aliphatic rings. The predicted molar refractivity (Wildman–Crippen MR) is 59.5 cm³/mol. The van der Waals surface area contributed by atoms with Crippen molar-refractivity contribution in [3.05, 3.63) is 29.8 Å². The molecule has 0 aliphatic carbocycles. The number of nitrogens with two attached hydrogens (primary N) is 1. The van der Waals surface area contributed by atoms with Crippen molar-refractivity contribution in [2.24, 2.45) is 5.73 Å². The summed E-state index contributed by atoms with van der Waals surface area (Å²) in [6.07, 6.45) is 0. The first kappa shape index (κ1) is 10.9. The smallest absolute Gasteiger partial charge is 0.189 e. The van der Waals surface area contributed by atoms with Crippen molar-refractivity contribution >= 4 is 17.2 Å². The van der Waals surface area contributed by atoms with Gasteiger partial charge in [0.1, 0.15) is 10.7 Å². The average Bonchev–Trinajstić information content (AvgIpc) is 2.19. The fraction of sp³-hybridized carbons (Fsp3) is 0.300. The van der Waals surface area contributed by atoms with E-state index in [9.17, 15) is 0 Å². The summed E-state index contributed by atoms with van der Waals surface area (Å²) in [7, 11) is 0. The first-order valence-corrected chi connectivity index (χ1v) is 4.76. The molecule has 4 heteroatoms. The number of rotatable bonds is 5. The van der Waals surface area contributed by atoms with Crippen LogP contribution in [0.4, 0.5) is 0 Å². The zero-order valence-electron chi connectivity index (χ0n) is 8.03. The van der Waals surface area contributed by atoms with Crippen LogP contribution in [0.2, 0.25) is 0 Å². The molecule has 0 atom stereocenters. The first-order chi connectivity index (χ1) is 6.75. The van der Waals surface area contributed by atoms with Crippen LogP contribution in [0.3, 0.4) is 0 Å². The lowest BCUT2D eigenvalue weighted by Crippen LogP contribution is -2.12. The van der Waals surface area contributed by atoms with Gasteiger partial charge in [-0.25, -0.2) is 0 Å². The van der Waals surface area contributed by atoms with E-state index >= 15 is 0 Å². The first-order valence-electron chi connectivity index (χ1n) is 4.35. The Morgan fingerprint density at radius 2 is 2.14 bits per heavy atom. The van der Waals surface area contributed by atoms with Crippen LogP contribution in [0.25, 0.3) is 0 Å². The van der Waals surface area contributed by atoms with Gasteiger partial charge in [-0.2, -0.15) is 0 Å². The molecule has 0 radical (unpaired) electrons. The van der Waals surface area contributed by atoms with Crippen LogP contribution in [0.1, 0.15) is 12.5 Å². The number of hydrogen-bond donors (Lipinski definition) is 1. The second kappa shape index (κ2) is 5.57. The van der Waals surface area contributed by atoms with Crippen molar-refractivity contribution in [3.63, 3.8) is 0 Å². The molecule has 1 rings (SSSR count). The number of hydrogen-bond acceptors (Lipinski definition) is 3. The van der Waals surface area contributed by atoms with Crippen LogP contribution in [-0.4, -0.2) is 18.4 Å². The summed E-state index contributed by atoms with van der Waals surface area (Å²) in [5.41, 5.74) is 6.27. The molecule has 1 aromatic carbocycles. The van der Waals surface area contributed by atoms with Gasteiger partial charge in [-0.15, -0.1) is 0 Å². The molecule has 0 unspecified atom stereocenters. The monoisotopic (exact) mass is 211 g/mol. The Morgan fingerprint density at radius 1 is 1.43 bits per heavy atom. The van der Waals surface area contributed by atoms with Gasteiger partial charge in [-0.05, 0) is 19.1 Å². The number of ether oxygens (including phenoxy) is 2. The number of para-hydroxylation sites is 1.